The summed E-state index contributed by atoms with van der Waals surface area (Å²) in [6.07, 6.45) is 0. The number of anilines is 2. The highest BCUT2D eigenvalue weighted by Gasteiger charge is 2.32. The molecular weight excluding hydrogens is 518 g/mol. The van der Waals surface area contributed by atoms with Crippen molar-refractivity contribution in [1.29, 1.82) is 0 Å². The molecule has 4 aromatic carbocycles. The molecule has 1 heterocycles. The van der Waals surface area contributed by atoms with Gasteiger partial charge < -0.3 is 10.2 Å². The Morgan fingerprint density at radius 2 is 1.45 bits per heavy atom. The average Bonchev–Trinajstić information content (AvgIpc) is 3.29. The van der Waals surface area contributed by atoms with Crippen molar-refractivity contribution >= 4 is 45.0 Å². The lowest BCUT2D eigenvalue weighted by molar-refractivity contribution is -0.128. The largest absolute Gasteiger partial charge is 0.322 e. The van der Waals surface area contributed by atoms with Gasteiger partial charge in [-0.05, 0) is 59.7 Å². The number of carbonyl (C=O) groups excluding carboxylic acids is 2. The molecule has 1 atom stereocenters. The molecule has 0 spiro atoms. The van der Waals surface area contributed by atoms with E-state index in [1.165, 1.54) is 12.1 Å². The van der Waals surface area contributed by atoms with Crippen LogP contribution in [0.4, 0.5) is 11.4 Å². The molecule has 0 bridgehead atoms. The van der Waals surface area contributed by atoms with Crippen LogP contribution in [0.25, 0.3) is 0 Å². The fraction of sp³-hybridized carbons (Fsp3) is 0.103. The zero-order valence-electron chi connectivity index (χ0n) is 20.3. The molecule has 192 valence electrons. The first-order valence-corrected chi connectivity index (χ1v) is 14.5. The number of nitrogens with zero attached hydrogens (tertiary/aromatic N) is 1. The van der Waals surface area contributed by atoms with Crippen molar-refractivity contribution in [3.05, 3.63) is 126 Å². The van der Waals surface area contributed by atoms with E-state index in [0.717, 1.165) is 11.1 Å². The molecule has 0 aromatic heterocycles. The zero-order valence-corrected chi connectivity index (χ0v) is 21.9. The van der Waals surface area contributed by atoms with Crippen LogP contribution in [-0.4, -0.2) is 30.9 Å². The Balaban J connectivity index is 1.23. The van der Waals surface area contributed by atoms with Crippen LogP contribution in [0.5, 0.6) is 0 Å². The Morgan fingerprint density at radius 1 is 0.816 bits per heavy atom. The molecule has 1 saturated heterocycles. The quantitative estimate of drug-likeness (QED) is 0.305. The number of nitrogens with one attached hydrogen (secondary N) is 2. The first-order chi connectivity index (χ1) is 18.4. The van der Waals surface area contributed by atoms with Gasteiger partial charge in [0.2, 0.25) is 5.91 Å². The zero-order chi connectivity index (χ0) is 26.5. The summed E-state index contributed by atoms with van der Waals surface area (Å²) in [6, 6.07) is 31.7. The van der Waals surface area contributed by atoms with Crippen LogP contribution < -0.4 is 10.0 Å². The number of amides is 2. The van der Waals surface area contributed by atoms with Gasteiger partial charge in [0.15, 0.2) is 0 Å². The van der Waals surface area contributed by atoms with Crippen LogP contribution in [0.1, 0.15) is 26.9 Å². The number of rotatable bonds is 8. The molecule has 2 N–H and O–H groups in total. The van der Waals surface area contributed by atoms with Crippen molar-refractivity contribution in [3.8, 4) is 0 Å². The van der Waals surface area contributed by atoms with Gasteiger partial charge in [-0.1, -0.05) is 60.7 Å². The number of hydrogen-bond donors (Lipinski definition) is 2. The SMILES string of the molecule is O=C(Nc1ccc(S(=O)(=O)Nc2ccccc2)cc1)c1ccc([C@H]2SCC(=O)N2Cc2ccccc2)cc1. The summed E-state index contributed by atoms with van der Waals surface area (Å²) in [5.74, 6) is 0.202. The smallest absolute Gasteiger partial charge is 0.261 e. The fourth-order valence-electron chi connectivity index (χ4n) is 4.12. The van der Waals surface area contributed by atoms with E-state index in [9.17, 15) is 18.0 Å². The van der Waals surface area contributed by atoms with Gasteiger partial charge in [0.05, 0.1) is 10.6 Å². The molecule has 1 fully saturated rings. The highest BCUT2D eigenvalue weighted by molar-refractivity contribution is 8.00. The number of sulfonamides is 1. The van der Waals surface area contributed by atoms with E-state index in [0.29, 0.717) is 29.2 Å². The van der Waals surface area contributed by atoms with Gasteiger partial charge in [-0.2, -0.15) is 0 Å². The molecule has 0 radical (unpaired) electrons. The maximum Gasteiger partial charge on any atom is 0.261 e. The van der Waals surface area contributed by atoms with Crippen LogP contribution in [0.2, 0.25) is 0 Å². The molecule has 7 nitrogen and oxygen atoms in total. The highest BCUT2D eigenvalue weighted by atomic mass is 32.2. The summed E-state index contributed by atoms with van der Waals surface area (Å²) >= 11 is 1.57. The van der Waals surface area contributed by atoms with E-state index in [4.69, 9.17) is 0 Å². The summed E-state index contributed by atoms with van der Waals surface area (Å²) in [4.78, 5) is 27.3. The Bertz CT molecular complexity index is 1530. The Morgan fingerprint density at radius 3 is 2.11 bits per heavy atom. The predicted octanol–water partition coefficient (Wildman–Crippen LogP) is 5.51. The number of hydrogen-bond acceptors (Lipinski definition) is 5. The summed E-state index contributed by atoms with van der Waals surface area (Å²) in [5, 5.41) is 2.69. The molecule has 0 aliphatic carbocycles. The van der Waals surface area contributed by atoms with Gasteiger partial charge in [-0.25, -0.2) is 8.42 Å². The van der Waals surface area contributed by atoms with Gasteiger partial charge in [0.25, 0.3) is 15.9 Å². The van der Waals surface area contributed by atoms with E-state index >= 15 is 0 Å². The van der Waals surface area contributed by atoms with Crippen LogP contribution in [-0.2, 0) is 21.4 Å². The van der Waals surface area contributed by atoms with Gasteiger partial charge in [-0.3, -0.25) is 14.3 Å². The van der Waals surface area contributed by atoms with Crippen molar-refractivity contribution in [2.45, 2.75) is 16.8 Å². The topological polar surface area (TPSA) is 95.6 Å². The second-order valence-corrected chi connectivity index (χ2v) is 11.5. The molecule has 1 aliphatic heterocycles. The molecule has 38 heavy (non-hydrogen) atoms. The van der Waals surface area contributed by atoms with Gasteiger partial charge >= 0.3 is 0 Å². The Labute approximate surface area is 225 Å². The van der Waals surface area contributed by atoms with E-state index in [1.807, 2.05) is 47.4 Å². The Hall–Kier alpha value is -4.08. The van der Waals surface area contributed by atoms with Gasteiger partial charge in [-0.15, -0.1) is 11.8 Å². The van der Waals surface area contributed by atoms with Crippen LogP contribution in [0, 0.1) is 0 Å². The normalized spacial score (nSPS) is 15.3. The third-order valence-corrected chi connectivity index (χ3v) is 8.72. The minimum Gasteiger partial charge on any atom is -0.322 e. The minimum atomic E-state index is -3.74. The standard InChI is InChI=1S/C29H25N3O4S2/c33-27-20-37-29(32(27)19-21-7-3-1-4-8-21)23-13-11-22(12-14-23)28(34)30-24-15-17-26(18-16-24)38(35,36)31-25-9-5-2-6-10-25/h1-18,29,31H,19-20H2,(H,30,34)/t29-/m1/s1. The number of benzene rings is 4. The monoisotopic (exact) mass is 543 g/mol. The van der Waals surface area contributed by atoms with Crippen molar-refractivity contribution in [2.24, 2.45) is 0 Å². The highest BCUT2D eigenvalue weighted by Crippen LogP contribution is 2.39. The average molecular weight is 544 g/mol. The Kier molecular flexibility index (Phi) is 7.48. The fourth-order valence-corrected chi connectivity index (χ4v) is 6.37. The van der Waals surface area contributed by atoms with Crippen LogP contribution in [0.15, 0.2) is 114 Å². The van der Waals surface area contributed by atoms with E-state index in [2.05, 4.69) is 10.0 Å². The van der Waals surface area contributed by atoms with Crippen LogP contribution in [0.3, 0.4) is 0 Å². The molecule has 5 rings (SSSR count). The first kappa shape index (κ1) is 25.6. The van der Waals surface area contributed by atoms with E-state index < -0.39 is 10.0 Å². The lowest BCUT2D eigenvalue weighted by atomic mass is 10.1. The van der Waals surface area contributed by atoms with Crippen molar-refractivity contribution in [2.75, 3.05) is 15.8 Å². The molecule has 4 aromatic rings. The van der Waals surface area contributed by atoms with Gasteiger partial charge in [0, 0.05) is 23.5 Å². The van der Waals surface area contributed by atoms with Crippen LogP contribution >= 0.6 is 11.8 Å². The van der Waals surface area contributed by atoms with E-state index in [1.54, 1.807) is 66.4 Å². The molecule has 2 amide bonds. The number of carbonyl (C=O) groups is 2. The number of para-hydroxylation sites is 1. The first-order valence-electron chi connectivity index (χ1n) is 11.9. The maximum absolute atomic E-state index is 12.8. The van der Waals surface area contributed by atoms with Crippen molar-refractivity contribution in [1.82, 2.24) is 4.90 Å². The third kappa shape index (κ3) is 5.90. The van der Waals surface area contributed by atoms with E-state index in [-0.39, 0.29) is 22.1 Å². The van der Waals surface area contributed by atoms with Gasteiger partial charge in [0.1, 0.15) is 5.37 Å². The second kappa shape index (κ2) is 11.1. The molecule has 1 aliphatic rings. The summed E-state index contributed by atoms with van der Waals surface area (Å²) in [7, 11) is -3.74. The maximum atomic E-state index is 12.8. The molecule has 0 saturated carbocycles. The minimum absolute atomic E-state index is 0.0902. The molecule has 9 heteroatoms. The van der Waals surface area contributed by atoms with Crippen molar-refractivity contribution < 1.29 is 18.0 Å². The second-order valence-electron chi connectivity index (χ2n) is 8.74. The van der Waals surface area contributed by atoms with Crippen molar-refractivity contribution in [3.63, 3.8) is 0 Å². The summed E-state index contributed by atoms with van der Waals surface area (Å²) in [6.45, 7) is 0.534. The molecular formula is C29H25N3O4S2. The summed E-state index contributed by atoms with van der Waals surface area (Å²) in [5.41, 5.74) is 3.42. The predicted molar refractivity (Wildman–Crippen MR) is 150 cm³/mol. The number of thioether (sulfide) groups is 1. The lowest BCUT2D eigenvalue weighted by Gasteiger charge is -2.24. The third-order valence-electron chi connectivity index (χ3n) is 6.07. The molecule has 0 unspecified atom stereocenters. The lowest BCUT2D eigenvalue weighted by Crippen LogP contribution is -2.27. The summed E-state index contributed by atoms with van der Waals surface area (Å²) < 4.78 is 27.8.